The van der Waals surface area contributed by atoms with E-state index in [4.69, 9.17) is 14.2 Å². The fourth-order valence-electron chi connectivity index (χ4n) is 1.76. The second-order valence-corrected chi connectivity index (χ2v) is 3.88. The molecule has 1 fully saturated rings. The van der Waals surface area contributed by atoms with Gasteiger partial charge in [0, 0.05) is 5.56 Å². The third-order valence-electron chi connectivity index (χ3n) is 2.75. The Hall–Kier alpha value is -1.26. The SMILES string of the molecule is COc1cc(C2(C)OCCCO2)ccc1O. The molecule has 1 heterocycles. The molecule has 0 aromatic heterocycles. The normalized spacial score (nSPS) is 19.4. The third kappa shape index (κ3) is 1.99. The number of hydrogen-bond donors (Lipinski definition) is 1. The summed E-state index contributed by atoms with van der Waals surface area (Å²) in [6.45, 7) is 3.23. The van der Waals surface area contributed by atoms with Gasteiger partial charge in [0.15, 0.2) is 17.3 Å². The summed E-state index contributed by atoms with van der Waals surface area (Å²) >= 11 is 0. The van der Waals surface area contributed by atoms with Crippen molar-refractivity contribution in [1.29, 1.82) is 0 Å². The molecule has 0 bridgehead atoms. The molecule has 0 atom stereocenters. The fraction of sp³-hybridized carbons (Fsp3) is 0.500. The van der Waals surface area contributed by atoms with E-state index in [-0.39, 0.29) is 5.75 Å². The van der Waals surface area contributed by atoms with E-state index in [1.54, 1.807) is 18.2 Å². The Labute approximate surface area is 94.8 Å². The van der Waals surface area contributed by atoms with Crippen LogP contribution in [0.15, 0.2) is 18.2 Å². The molecule has 1 aliphatic rings. The first-order valence-corrected chi connectivity index (χ1v) is 5.31. The Morgan fingerprint density at radius 1 is 1.31 bits per heavy atom. The summed E-state index contributed by atoms with van der Waals surface area (Å²) in [5.74, 6) is -0.193. The number of ether oxygens (including phenoxy) is 3. The Balaban J connectivity index is 2.32. The van der Waals surface area contributed by atoms with Gasteiger partial charge in [-0.25, -0.2) is 0 Å². The number of hydrogen-bond acceptors (Lipinski definition) is 4. The maximum absolute atomic E-state index is 9.51. The largest absolute Gasteiger partial charge is 0.504 e. The molecule has 4 nitrogen and oxygen atoms in total. The number of phenolic OH excluding ortho intramolecular Hbond substituents is 1. The number of methoxy groups -OCH3 is 1. The number of aromatic hydroxyl groups is 1. The van der Waals surface area contributed by atoms with Crippen LogP contribution >= 0.6 is 0 Å². The van der Waals surface area contributed by atoms with Gasteiger partial charge in [-0.3, -0.25) is 0 Å². The van der Waals surface area contributed by atoms with Crippen LogP contribution in [0, 0.1) is 0 Å². The topological polar surface area (TPSA) is 47.9 Å². The molecule has 1 aliphatic heterocycles. The number of benzene rings is 1. The van der Waals surface area contributed by atoms with Crippen molar-refractivity contribution in [3.05, 3.63) is 23.8 Å². The molecule has 1 N–H and O–H groups in total. The van der Waals surface area contributed by atoms with E-state index in [9.17, 15) is 5.11 Å². The lowest BCUT2D eigenvalue weighted by Crippen LogP contribution is -2.34. The molecular formula is C12H16O4. The highest BCUT2D eigenvalue weighted by Crippen LogP contribution is 2.35. The van der Waals surface area contributed by atoms with E-state index in [1.807, 2.05) is 6.92 Å². The number of rotatable bonds is 2. The van der Waals surface area contributed by atoms with Crippen molar-refractivity contribution in [2.45, 2.75) is 19.1 Å². The average Bonchev–Trinajstić information content (AvgIpc) is 2.30. The summed E-state index contributed by atoms with van der Waals surface area (Å²) < 4.78 is 16.3. The van der Waals surface area contributed by atoms with Gasteiger partial charge in [-0.15, -0.1) is 0 Å². The summed E-state index contributed by atoms with van der Waals surface area (Å²) in [4.78, 5) is 0. The Kier molecular flexibility index (Phi) is 3.03. The molecule has 1 saturated heterocycles. The minimum absolute atomic E-state index is 0.116. The van der Waals surface area contributed by atoms with Crippen LogP contribution in [0.4, 0.5) is 0 Å². The molecule has 0 radical (unpaired) electrons. The molecule has 1 aromatic rings. The zero-order valence-corrected chi connectivity index (χ0v) is 9.53. The lowest BCUT2D eigenvalue weighted by atomic mass is 10.1. The molecule has 2 rings (SSSR count). The number of phenols is 1. The van der Waals surface area contributed by atoms with Crippen molar-refractivity contribution in [2.24, 2.45) is 0 Å². The van der Waals surface area contributed by atoms with Gasteiger partial charge in [-0.1, -0.05) is 0 Å². The van der Waals surface area contributed by atoms with Crippen LogP contribution in [0.25, 0.3) is 0 Å². The Morgan fingerprint density at radius 2 is 2.00 bits per heavy atom. The van der Waals surface area contributed by atoms with Gasteiger partial charge in [-0.2, -0.15) is 0 Å². The highest BCUT2D eigenvalue weighted by Gasteiger charge is 2.31. The predicted molar refractivity (Wildman–Crippen MR) is 58.5 cm³/mol. The maximum atomic E-state index is 9.51. The van der Waals surface area contributed by atoms with E-state index in [2.05, 4.69) is 0 Å². The third-order valence-corrected chi connectivity index (χ3v) is 2.75. The first kappa shape index (κ1) is 11.2. The van der Waals surface area contributed by atoms with Crippen molar-refractivity contribution in [1.82, 2.24) is 0 Å². The van der Waals surface area contributed by atoms with Gasteiger partial charge in [0.05, 0.1) is 20.3 Å². The molecule has 88 valence electrons. The zero-order valence-electron chi connectivity index (χ0n) is 9.53. The first-order valence-electron chi connectivity index (χ1n) is 5.31. The molecule has 1 aromatic carbocycles. The highest BCUT2D eigenvalue weighted by molar-refractivity contribution is 5.43. The Bertz CT molecular complexity index is 369. The molecule has 0 amide bonds. The summed E-state index contributed by atoms with van der Waals surface area (Å²) in [5.41, 5.74) is 0.849. The molecule has 0 unspecified atom stereocenters. The molecule has 16 heavy (non-hydrogen) atoms. The lowest BCUT2D eigenvalue weighted by Gasteiger charge is -2.34. The molecule has 0 saturated carbocycles. The average molecular weight is 224 g/mol. The van der Waals surface area contributed by atoms with Crippen molar-refractivity contribution >= 4 is 0 Å². The van der Waals surface area contributed by atoms with Gasteiger partial charge in [-0.05, 0) is 31.5 Å². The van der Waals surface area contributed by atoms with Gasteiger partial charge in [0.1, 0.15) is 0 Å². The van der Waals surface area contributed by atoms with Crippen molar-refractivity contribution in [2.75, 3.05) is 20.3 Å². The molecule has 0 aliphatic carbocycles. The minimum atomic E-state index is -0.737. The van der Waals surface area contributed by atoms with E-state index in [0.29, 0.717) is 19.0 Å². The molecule has 4 heteroatoms. The van der Waals surface area contributed by atoms with Crippen LogP contribution in [-0.2, 0) is 15.3 Å². The van der Waals surface area contributed by atoms with Crippen LogP contribution in [0.1, 0.15) is 18.9 Å². The van der Waals surface area contributed by atoms with Gasteiger partial charge < -0.3 is 19.3 Å². The molecule has 0 spiro atoms. The highest BCUT2D eigenvalue weighted by atomic mass is 16.7. The summed E-state index contributed by atoms with van der Waals surface area (Å²) in [6.07, 6.45) is 0.908. The van der Waals surface area contributed by atoms with E-state index in [1.165, 1.54) is 7.11 Å². The minimum Gasteiger partial charge on any atom is -0.504 e. The summed E-state index contributed by atoms with van der Waals surface area (Å²) in [7, 11) is 1.52. The van der Waals surface area contributed by atoms with Crippen molar-refractivity contribution < 1.29 is 19.3 Å². The van der Waals surface area contributed by atoms with Crippen LogP contribution in [0.5, 0.6) is 11.5 Å². The smallest absolute Gasteiger partial charge is 0.192 e. The van der Waals surface area contributed by atoms with E-state index >= 15 is 0 Å². The van der Waals surface area contributed by atoms with Crippen molar-refractivity contribution in [3.8, 4) is 11.5 Å². The summed E-state index contributed by atoms with van der Waals surface area (Å²) in [6, 6.07) is 5.10. The van der Waals surface area contributed by atoms with Crippen LogP contribution in [-0.4, -0.2) is 25.4 Å². The van der Waals surface area contributed by atoms with Crippen LogP contribution < -0.4 is 4.74 Å². The van der Waals surface area contributed by atoms with Crippen molar-refractivity contribution in [3.63, 3.8) is 0 Å². The monoisotopic (exact) mass is 224 g/mol. The van der Waals surface area contributed by atoms with Crippen LogP contribution in [0.3, 0.4) is 0 Å². The lowest BCUT2D eigenvalue weighted by molar-refractivity contribution is -0.264. The van der Waals surface area contributed by atoms with E-state index < -0.39 is 5.79 Å². The maximum Gasteiger partial charge on any atom is 0.192 e. The molecular weight excluding hydrogens is 208 g/mol. The van der Waals surface area contributed by atoms with Gasteiger partial charge >= 0.3 is 0 Å². The summed E-state index contributed by atoms with van der Waals surface area (Å²) in [5, 5.41) is 9.51. The Morgan fingerprint density at radius 3 is 2.62 bits per heavy atom. The van der Waals surface area contributed by atoms with Crippen LogP contribution in [0.2, 0.25) is 0 Å². The fourth-order valence-corrected chi connectivity index (χ4v) is 1.76. The first-order chi connectivity index (χ1) is 7.65. The second kappa shape index (κ2) is 4.31. The second-order valence-electron chi connectivity index (χ2n) is 3.88. The zero-order chi connectivity index (χ0) is 11.6. The quantitative estimate of drug-likeness (QED) is 0.834. The van der Waals surface area contributed by atoms with Gasteiger partial charge in [0.25, 0.3) is 0 Å². The predicted octanol–water partition coefficient (Wildman–Crippen LogP) is 2.01. The van der Waals surface area contributed by atoms with E-state index in [0.717, 1.165) is 12.0 Å². The van der Waals surface area contributed by atoms with Gasteiger partial charge in [0.2, 0.25) is 0 Å². The standard InChI is InChI=1S/C12H16O4/c1-12(15-6-3-7-16-12)9-4-5-10(13)11(8-9)14-2/h4-5,8,13H,3,6-7H2,1-2H3.